The highest BCUT2D eigenvalue weighted by atomic mass is 19.1. The molecule has 0 bridgehead atoms. The number of pyridine rings is 2. The quantitative estimate of drug-likeness (QED) is 0.591. The molecule has 0 saturated carbocycles. The molecule has 0 saturated heterocycles. The molecule has 2 rings (SSSR count). The monoisotopic (exact) mass is 248 g/mol. The van der Waals surface area contributed by atoms with Crippen molar-refractivity contribution in [2.75, 3.05) is 7.11 Å². The normalized spacial score (nSPS) is 10.1. The summed E-state index contributed by atoms with van der Waals surface area (Å²) in [5.74, 6) is -1.20. The van der Waals surface area contributed by atoms with Gasteiger partial charge in [0.1, 0.15) is 0 Å². The molecule has 0 unspecified atom stereocenters. The zero-order valence-corrected chi connectivity index (χ0v) is 9.46. The number of halogens is 1. The van der Waals surface area contributed by atoms with Gasteiger partial charge >= 0.3 is 5.97 Å². The molecule has 5 nitrogen and oxygen atoms in total. The van der Waals surface area contributed by atoms with Crippen LogP contribution in [0.2, 0.25) is 0 Å². The van der Waals surface area contributed by atoms with E-state index in [0.29, 0.717) is 5.69 Å². The van der Waals surface area contributed by atoms with Crippen molar-refractivity contribution < 1.29 is 13.9 Å². The zero-order valence-electron chi connectivity index (χ0n) is 9.46. The Morgan fingerprint density at radius 1 is 1.33 bits per heavy atom. The average molecular weight is 248 g/mol. The summed E-state index contributed by atoms with van der Waals surface area (Å²) in [5.41, 5.74) is 0.240. The molecule has 0 amide bonds. The smallest absolute Gasteiger partial charge is 0.339 e. The van der Waals surface area contributed by atoms with Gasteiger partial charge in [0.2, 0.25) is 5.95 Å². The van der Waals surface area contributed by atoms with Crippen molar-refractivity contribution in [3.63, 3.8) is 0 Å². The number of methoxy groups -OCH3 is 1. The van der Waals surface area contributed by atoms with Crippen LogP contribution < -0.4 is 5.56 Å². The van der Waals surface area contributed by atoms with Crippen LogP contribution in [-0.4, -0.2) is 22.6 Å². The number of aromatic nitrogens is 2. The molecule has 2 aromatic rings. The van der Waals surface area contributed by atoms with Gasteiger partial charge < -0.3 is 4.74 Å². The predicted molar refractivity (Wildman–Crippen MR) is 61.1 cm³/mol. The molecule has 6 heteroatoms. The van der Waals surface area contributed by atoms with Gasteiger partial charge in [0.25, 0.3) is 5.56 Å². The Balaban J connectivity index is 2.53. The van der Waals surface area contributed by atoms with Gasteiger partial charge in [-0.15, -0.1) is 0 Å². The van der Waals surface area contributed by atoms with Crippen molar-refractivity contribution in [1.29, 1.82) is 0 Å². The molecule has 0 fully saturated rings. The predicted octanol–water partition coefficient (Wildman–Crippen LogP) is 1.16. The Kier molecular flexibility index (Phi) is 3.18. The fourth-order valence-corrected chi connectivity index (χ4v) is 1.44. The van der Waals surface area contributed by atoms with Gasteiger partial charge in [-0.25, -0.2) is 9.78 Å². The van der Waals surface area contributed by atoms with Crippen LogP contribution in [0.4, 0.5) is 4.39 Å². The number of hydrogen-bond acceptors (Lipinski definition) is 4. The van der Waals surface area contributed by atoms with Crippen molar-refractivity contribution in [3.8, 4) is 5.69 Å². The molecule has 2 aromatic heterocycles. The van der Waals surface area contributed by atoms with Crippen LogP contribution in [0.3, 0.4) is 0 Å². The number of rotatable bonds is 2. The van der Waals surface area contributed by atoms with E-state index in [-0.39, 0.29) is 11.1 Å². The number of esters is 1. The van der Waals surface area contributed by atoms with Crippen LogP contribution >= 0.6 is 0 Å². The number of carbonyl (C=O) groups excluding carboxylic acids is 1. The van der Waals surface area contributed by atoms with E-state index < -0.39 is 11.9 Å². The Labute approximate surface area is 101 Å². The summed E-state index contributed by atoms with van der Waals surface area (Å²) in [6.07, 6.45) is 2.53. The molecular formula is C12H9FN2O3. The molecule has 0 N–H and O–H groups in total. The topological polar surface area (TPSA) is 61.2 Å². The van der Waals surface area contributed by atoms with Gasteiger partial charge in [-0.2, -0.15) is 4.39 Å². The van der Waals surface area contributed by atoms with E-state index in [1.807, 2.05) is 0 Å². The largest absolute Gasteiger partial charge is 0.465 e. The second-order valence-electron chi connectivity index (χ2n) is 3.46. The highest BCUT2D eigenvalue weighted by Gasteiger charge is 2.08. The van der Waals surface area contributed by atoms with Gasteiger partial charge in [0, 0.05) is 12.3 Å². The first-order valence-electron chi connectivity index (χ1n) is 5.05. The lowest BCUT2D eigenvalue weighted by atomic mass is 10.2. The Bertz CT molecular complexity index is 635. The van der Waals surface area contributed by atoms with Crippen LogP contribution in [0.1, 0.15) is 10.4 Å². The molecule has 18 heavy (non-hydrogen) atoms. The second-order valence-corrected chi connectivity index (χ2v) is 3.46. The third-order valence-electron chi connectivity index (χ3n) is 2.32. The van der Waals surface area contributed by atoms with Gasteiger partial charge in [-0.1, -0.05) is 0 Å². The zero-order chi connectivity index (χ0) is 13.1. The van der Waals surface area contributed by atoms with E-state index in [2.05, 4.69) is 9.72 Å². The standard InChI is InChI=1S/C12H9FN2O3/c1-18-12(17)8-2-5-11(16)15(7-8)9-3-4-10(13)14-6-9/h2-7H,1H3. The lowest BCUT2D eigenvalue weighted by Crippen LogP contribution is -2.19. The minimum Gasteiger partial charge on any atom is -0.465 e. The number of nitrogens with zero attached hydrogens (tertiary/aromatic N) is 2. The lowest BCUT2D eigenvalue weighted by Gasteiger charge is -2.06. The summed E-state index contributed by atoms with van der Waals surface area (Å²) < 4.78 is 18.4. The molecule has 0 atom stereocenters. The maximum Gasteiger partial charge on any atom is 0.339 e. The molecule has 0 aromatic carbocycles. The van der Waals surface area contributed by atoms with Gasteiger partial charge in [0.05, 0.1) is 24.6 Å². The minimum absolute atomic E-state index is 0.224. The first kappa shape index (κ1) is 12.0. The maximum atomic E-state index is 12.7. The highest BCUT2D eigenvalue weighted by molar-refractivity contribution is 5.88. The molecular weight excluding hydrogens is 239 g/mol. The molecule has 2 heterocycles. The van der Waals surface area contributed by atoms with Crippen molar-refractivity contribution in [1.82, 2.24) is 9.55 Å². The summed E-state index contributed by atoms with van der Waals surface area (Å²) in [6, 6.07) is 5.12. The molecule has 0 aliphatic rings. The Morgan fingerprint density at radius 2 is 2.11 bits per heavy atom. The summed E-state index contributed by atoms with van der Waals surface area (Å²) in [7, 11) is 1.25. The van der Waals surface area contributed by atoms with Gasteiger partial charge in [-0.05, 0) is 18.2 Å². The summed E-state index contributed by atoms with van der Waals surface area (Å²) in [6.45, 7) is 0. The number of ether oxygens (including phenoxy) is 1. The van der Waals surface area contributed by atoms with Crippen LogP contribution in [0.15, 0.2) is 41.5 Å². The van der Waals surface area contributed by atoms with E-state index in [0.717, 1.165) is 6.07 Å². The van der Waals surface area contributed by atoms with Crippen LogP contribution in [0, 0.1) is 5.95 Å². The maximum absolute atomic E-state index is 12.7. The molecule has 0 spiro atoms. The van der Waals surface area contributed by atoms with Crippen molar-refractivity contribution in [3.05, 3.63) is 58.5 Å². The van der Waals surface area contributed by atoms with E-state index >= 15 is 0 Å². The third kappa shape index (κ3) is 2.27. The van der Waals surface area contributed by atoms with Gasteiger partial charge in [0.15, 0.2) is 0 Å². The lowest BCUT2D eigenvalue weighted by molar-refractivity contribution is 0.0600. The molecule has 0 aliphatic carbocycles. The fraction of sp³-hybridized carbons (Fsp3) is 0.0833. The summed E-state index contributed by atoms with van der Waals surface area (Å²) in [4.78, 5) is 26.5. The Morgan fingerprint density at radius 3 is 2.72 bits per heavy atom. The van der Waals surface area contributed by atoms with Crippen LogP contribution in [0.5, 0.6) is 0 Å². The second kappa shape index (κ2) is 4.79. The first-order valence-corrected chi connectivity index (χ1v) is 5.05. The Hall–Kier alpha value is -2.50. The van der Waals surface area contributed by atoms with E-state index in [1.165, 1.54) is 42.3 Å². The van der Waals surface area contributed by atoms with Crippen molar-refractivity contribution in [2.24, 2.45) is 0 Å². The van der Waals surface area contributed by atoms with Crippen molar-refractivity contribution >= 4 is 5.97 Å². The van der Waals surface area contributed by atoms with E-state index in [4.69, 9.17) is 0 Å². The van der Waals surface area contributed by atoms with Crippen molar-refractivity contribution in [2.45, 2.75) is 0 Å². The van der Waals surface area contributed by atoms with Crippen LogP contribution in [-0.2, 0) is 4.74 Å². The SMILES string of the molecule is COC(=O)c1ccc(=O)n(-c2ccc(F)nc2)c1. The highest BCUT2D eigenvalue weighted by Crippen LogP contribution is 2.06. The minimum atomic E-state index is -0.643. The van der Waals surface area contributed by atoms with Crippen LogP contribution in [0.25, 0.3) is 5.69 Å². The fourth-order valence-electron chi connectivity index (χ4n) is 1.44. The van der Waals surface area contributed by atoms with Gasteiger partial charge in [-0.3, -0.25) is 9.36 Å². The van der Waals surface area contributed by atoms with E-state index in [9.17, 15) is 14.0 Å². The van der Waals surface area contributed by atoms with E-state index in [1.54, 1.807) is 0 Å². The molecule has 0 radical (unpaired) electrons. The number of carbonyl (C=O) groups is 1. The summed E-state index contributed by atoms with van der Waals surface area (Å²) in [5, 5.41) is 0. The average Bonchev–Trinajstić information content (AvgIpc) is 2.39. The molecule has 0 aliphatic heterocycles. The third-order valence-corrected chi connectivity index (χ3v) is 2.32. The molecule has 92 valence electrons. The first-order chi connectivity index (χ1) is 8.61. The number of hydrogen-bond donors (Lipinski definition) is 0. The summed E-state index contributed by atoms with van der Waals surface area (Å²) >= 11 is 0.